The predicted octanol–water partition coefficient (Wildman–Crippen LogP) is 0.529. The molecule has 0 spiro atoms. The highest BCUT2D eigenvalue weighted by Gasteiger charge is 2.41. The van der Waals surface area contributed by atoms with Crippen molar-refractivity contribution >= 4 is 33.3 Å². The van der Waals surface area contributed by atoms with E-state index >= 15 is 0 Å². The van der Waals surface area contributed by atoms with E-state index in [9.17, 15) is 18.0 Å². The highest BCUT2D eigenvalue weighted by Crippen LogP contribution is 2.22. The van der Waals surface area contributed by atoms with Crippen LogP contribution in [-0.2, 0) is 19.4 Å². The minimum atomic E-state index is -3.83. The second-order valence-electron chi connectivity index (χ2n) is 3.60. The Morgan fingerprint density at radius 3 is 2.24 bits per heavy atom. The van der Waals surface area contributed by atoms with Gasteiger partial charge in [-0.05, 0) is 24.3 Å². The number of rotatable bonds is 2. The Kier molecular flexibility index (Phi) is 2.92. The van der Waals surface area contributed by atoms with Crippen LogP contribution < -0.4 is 5.32 Å². The van der Waals surface area contributed by atoms with Gasteiger partial charge in [-0.15, -0.1) is 0 Å². The summed E-state index contributed by atoms with van der Waals surface area (Å²) >= 11 is 5.65. The van der Waals surface area contributed by atoms with E-state index in [0.717, 1.165) is 0 Å². The normalized spacial score (nSPS) is 20.4. The average Bonchev–Trinajstić information content (AvgIpc) is 2.59. The standard InChI is InChI=1S/C10H8ClNO4S/c11-6-1-3-7(4-2-6)17(15,16)8-5-9(13)12-10(8)14/h1-4,8H,5H2,(H,12,13,14). The summed E-state index contributed by atoms with van der Waals surface area (Å²) in [7, 11) is -3.83. The van der Waals surface area contributed by atoms with E-state index in [1.165, 1.54) is 24.3 Å². The average molecular weight is 274 g/mol. The van der Waals surface area contributed by atoms with E-state index in [-0.39, 0.29) is 11.3 Å². The molecule has 1 aromatic carbocycles. The van der Waals surface area contributed by atoms with Gasteiger partial charge in [0.1, 0.15) is 0 Å². The summed E-state index contributed by atoms with van der Waals surface area (Å²) in [6.07, 6.45) is -0.330. The van der Waals surface area contributed by atoms with Crippen molar-refractivity contribution in [2.75, 3.05) is 0 Å². The molecule has 0 saturated carbocycles. The largest absolute Gasteiger partial charge is 0.295 e. The number of amides is 2. The molecule has 1 aromatic rings. The molecule has 0 radical (unpaired) electrons. The number of halogens is 1. The molecule has 1 saturated heterocycles. The van der Waals surface area contributed by atoms with Gasteiger partial charge in [-0.25, -0.2) is 8.42 Å². The molecule has 1 aliphatic heterocycles. The minimum Gasteiger partial charge on any atom is -0.295 e. The molecule has 17 heavy (non-hydrogen) atoms. The fraction of sp³-hybridized carbons (Fsp3) is 0.200. The van der Waals surface area contributed by atoms with Crippen LogP contribution in [0.2, 0.25) is 5.02 Å². The van der Waals surface area contributed by atoms with E-state index in [1.54, 1.807) is 0 Å². The molecule has 1 aliphatic rings. The zero-order valence-electron chi connectivity index (χ0n) is 8.51. The number of sulfone groups is 1. The molecule has 90 valence electrons. The topological polar surface area (TPSA) is 80.3 Å². The SMILES string of the molecule is O=C1CC(S(=O)(=O)c2ccc(Cl)cc2)C(=O)N1. The van der Waals surface area contributed by atoms with Crippen LogP contribution in [-0.4, -0.2) is 25.5 Å². The number of carbonyl (C=O) groups excluding carboxylic acids is 2. The maximum atomic E-state index is 12.0. The van der Waals surface area contributed by atoms with Gasteiger partial charge in [-0.3, -0.25) is 14.9 Å². The van der Waals surface area contributed by atoms with Crippen LogP contribution in [0, 0.1) is 0 Å². The lowest BCUT2D eigenvalue weighted by molar-refractivity contribution is -0.124. The maximum absolute atomic E-state index is 12.0. The van der Waals surface area contributed by atoms with Crippen LogP contribution in [0.1, 0.15) is 6.42 Å². The number of nitrogens with one attached hydrogen (secondary N) is 1. The lowest BCUT2D eigenvalue weighted by Gasteiger charge is -2.08. The Balaban J connectivity index is 2.40. The van der Waals surface area contributed by atoms with E-state index in [2.05, 4.69) is 0 Å². The van der Waals surface area contributed by atoms with Crippen LogP contribution in [0.3, 0.4) is 0 Å². The molecule has 1 heterocycles. The molecular weight excluding hydrogens is 266 g/mol. The summed E-state index contributed by atoms with van der Waals surface area (Å²) in [5.41, 5.74) is 0. The highest BCUT2D eigenvalue weighted by atomic mass is 35.5. The molecule has 1 N–H and O–H groups in total. The molecule has 2 rings (SSSR count). The summed E-state index contributed by atoms with van der Waals surface area (Å²) in [6, 6.07) is 5.47. The van der Waals surface area contributed by atoms with Crippen molar-refractivity contribution in [2.24, 2.45) is 0 Å². The lowest BCUT2D eigenvalue weighted by atomic mass is 10.3. The third-order valence-corrected chi connectivity index (χ3v) is 4.75. The number of imide groups is 1. The first-order valence-electron chi connectivity index (χ1n) is 4.74. The van der Waals surface area contributed by atoms with Gasteiger partial charge in [0.2, 0.25) is 11.8 Å². The van der Waals surface area contributed by atoms with Gasteiger partial charge in [0.05, 0.1) is 11.3 Å². The monoisotopic (exact) mass is 273 g/mol. The molecule has 7 heteroatoms. The summed E-state index contributed by atoms with van der Waals surface area (Å²) in [4.78, 5) is 22.3. The summed E-state index contributed by atoms with van der Waals surface area (Å²) in [6.45, 7) is 0. The summed E-state index contributed by atoms with van der Waals surface area (Å²) in [5.74, 6) is -1.34. The summed E-state index contributed by atoms with van der Waals surface area (Å²) in [5, 5.41) is 1.03. The quantitative estimate of drug-likeness (QED) is 0.797. The van der Waals surface area contributed by atoms with Gasteiger partial charge in [0, 0.05) is 5.02 Å². The van der Waals surface area contributed by atoms with Gasteiger partial charge in [0.15, 0.2) is 15.1 Å². The third-order valence-electron chi connectivity index (χ3n) is 2.44. The second-order valence-corrected chi connectivity index (χ2v) is 6.17. The van der Waals surface area contributed by atoms with Gasteiger partial charge in [-0.1, -0.05) is 11.6 Å². The van der Waals surface area contributed by atoms with Crippen molar-refractivity contribution in [1.29, 1.82) is 0 Å². The van der Waals surface area contributed by atoms with Crippen molar-refractivity contribution < 1.29 is 18.0 Å². The van der Waals surface area contributed by atoms with Gasteiger partial charge in [-0.2, -0.15) is 0 Å². The van der Waals surface area contributed by atoms with Crippen LogP contribution in [0.15, 0.2) is 29.2 Å². The first-order valence-corrected chi connectivity index (χ1v) is 6.67. The highest BCUT2D eigenvalue weighted by molar-refractivity contribution is 7.92. The fourth-order valence-corrected chi connectivity index (χ4v) is 3.25. The molecule has 2 amide bonds. The smallest absolute Gasteiger partial charge is 0.245 e. The Morgan fingerprint density at radius 1 is 1.18 bits per heavy atom. The van der Waals surface area contributed by atoms with Crippen LogP contribution in [0.25, 0.3) is 0 Å². The molecule has 0 aromatic heterocycles. The predicted molar refractivity (Wildman–Crippen MR) is 60.2 cm³/mol. The molecule has 0 aliphatic carbocycles. The molecule has 1 unspecified atom stereocenters. The van der Waals surface area contributed by atoms with E-state index in [1.807, 2.05) is 5.32 Å². The van der Waals surface area contributed by atoms with Gasteiger partial charge >= 0.3 is 0 Å². The second kappa shape index (κ2) is 4.12. The van der Waals surface area contributed by atoms with Crippen molar-refractivity contribution in [2.45, 2.75) is 16.6 Å². The van der Waals surface area contributed by atoms with Crippen molar-refractivity contribution in [3.05, 3.63) is 29.3 Å². The maximum Gasteiger partial charge on any atom is 0.245 e. The fourth-order valence-electron chi connectivity index (χ4n) is 1.57. The van der Waals surface area contributed by atoms with Crippen molar-refractivity contribution in [1.82, 2.24) is 5.32 Å². The Labute approximate surface area is 103 Å². The van der Waals surface area contributed by atoms with Crippen LogP contribution >= 0.6 is 11.6 Å². The number of hydrogen-bond donors (Lipinski definition) is 1. The van der Waals surface area contributed by atoms with Crippen LogP contribution in [0.4, 0.5) is 0 Å². The van der Waals surface area contributed by atoms with Crippen LogP contribution in [0.5, 0.6) is 0 Å². The lowest BCUT2D eigenvalue weighted by Crippen LogP contribution is -2.30. The van der Waals surface area contributed by atoms with Crippen molar-refractivity contribution in [3.8, 4) is 0 Å². The zero-order valence-corrected chi connectivity index (χ0v) is 10.1. The number of carbonyl (C=O) groups is 2. The van der Waals surface area contributed by atoms with Crippen molar-refractivity contribution in [3.63, 3.8) is 0 Å². The third kappa shape index (κ3) is 2.18. The molecule has 1 fully saturated rings. The first kappa shape index (κ1) is 12.1. The zero-order chi connectivity index (χ0) is 12.6. The summed E-state index contributed by atoms with van der Waals surface area (Å²) < 4.78 is 24.1. The van der Waals surface area contributed by atoms with E-state index in [4.69, 9.17) is 11.6 Å². The van der Waals surface area contributed by atoms with E-state index < -0.39 is 26.9 Å². The Morgan fingerprint density at radius 2 is 1.76 bits per heavy atom. The molecule has 5 nitrogen and oxygen atoms in total. The first-order chi connectivity index (χ1) is 7.91. The number of benzene rings is 1. The molecule has 0 bridgehead atoms. The molecular formula is C10H8ClNO4S. The Bertz CT molecular complexity index is 579. The van der Waals surface area contributed by atoms with Gasteiger partial charge in [0.25, 0.3) is 0 Å². The van der Waals surface area contributed by atoms with E-state index in [0.29, 0.717) is 5.02 Å². The Hall–Kier alpha value is -1.40. The molecule has 1 atom stereocenters. The number of hydrogen-bond acceptors (Lipinski definition) is 4. The van der Waals surface area contributed by atoms with Gasteiger partial charge < -0.3 is 0 Å². The minimum absolute atomic E-state index is 0.0169.